The molecule has 21 heavy (non-hydrogen) atoms. The molecule has 0 amide bonds. The number of hydrogen-bond donors (Lipinski definition) is 1. The van der Waals surface area contributed by atoms with Gasteiger partial charge in [-0.2, -0.15) is 5.10 Å². The zero-order valence-electron chi connectivity index (χ0n) is 13.0. The SMILES string of the molecule is CCCNC(CCc1cccnc1)Cc1ncnn1CC. The predicted octanol–water partition coefficient (Wildman–Crippen LogP) is 2.24. The van der Waals surface area contributed by atoms with Crippen molar-refractivity contribution in [2.45, 2.75) is 52.1 Å². The van der Waals surface area contributed by atoms with Crippen LogP contribution in [0, 0.1) is 0 Å². The molecule has 0 aliphatic rings. The van der Waals surface area contributed by atoms with E-state index in [0.29, 0.717) is 6.04 Å². The van der Waals surface area contributed by atoms with Gasteiger partial charge >= 0.3 is 0 Å². The Morgan fingerprint density at radius 1 is 1.33 bits per heavy atom. The molecule has 5 heteroatoms. The quantitative estimate of drug-likeness (QED) is 0.768. The van der Waals surface area contributed by atoms with Gasteiger partial charge in [-0.3, -0.25) is 9.67 Å². The summed E-state index contributed by atoms with van der Waals surface area (Å²) >= 11 is 0. The van der Waals surface area contributed by atoms with E-state index >= 15 is 0 Å². The predicted molar refractivity (Wildman–Crippen MR) is 84.0 cm³/mol. The molecule has 1 N–H and O–H groups in total. The zero-order valence-corrected chi connectivity index (χ0v) is 13.0. The highest BCUT2D eigenvalue weighted by Crippen LogP contribution is 2.08. The van der Waals surface area contributed by atoms with Gasteiger partial charge < -0.3 is 5.32 Å². The van der Waals surface area contributed by atoms with E-state index in [-0.39, 0.29) is 0 Å². The Bertz CT molecular complexity index is 508. The third kappa shape index (κ3) is 4.93. The molecule has 1 atom stereocenters. The largest absolute Gasteiger partial charge is 0.314 e. The van der Waals surface area contributed by atoms with Crippen LogP contribution < -0.4 is 5.32 Å². The van der Waals surface area contributed by atoms with Crippen LogP contribution in [0.5, 0.6) is 0 Å². The van der Waals surface area contributed by atoms with E-state index < -0.39 is 0 Å². The van der Waals surface area contributed by atoms with Crippen LogP contribution in [0.4, 0.5) is 0 Å². The molecule has 0 aliphatic carbocycles. The number of pyridine rings is 1. The van der Waals surface area contributed by atoms with Crippen molar-refractivity contribution in [2.24, 2.45) is 0 Å². The number of hydrogen-bond acceptors (Lipinski definition) is 4. The average Bonchev–Trinajstić information content (AvgIpc) is 2.98. The van der Waals surface area contributed by atoms with Crippen LogP contribution in [-0.2, 0) is 19.4 Å². The topological polar surface area (TPSA) is 55.6 Å². The van der Waals surface area contributed by atoms with Crippen LogP contribution in [0.2, 0.25) is 0 Å². The first-order chi connectivity index (χ1) is 10.3. The van der Waals surface area contributed by atoms with Crippen molar-refractivity contribution in [3.05, 3.63) is 42.2 Å². The van der Waals surface area contributed by atoms with Gasteiger partial charge in [0.05, 0.1) is 0 Å². The molecule has 0 spiro atoms. The van der Waals surface area contributed by atoms with Crippen LogP contribution in [-0.4, -0.2) is 32.3 Å². The summed E-state index contributed by atoms with van der Waals surface area (Å²) in [5.74, 6) is 1.07. The highest BCUT2D eigenvalue weighted by molar-refractivity contribution is 5.09. The maximum Gasteiger partial charge on any atom is 0.138 e. The molecule has 0 radical (unpaired) electrons. The van der Waals surface area contributed by atoms with Crippen molar-refractivity contribution in [3.8, 4) is 0 Å². The number of aromatic nitrogens is 4. The van der Waals surface area contributed by atoms with E-state index in [0.717, 1.165) is 44.6 Å². The number of nitrogens with zero attached hydrogens (tertiary/aromatic N) is 4. The highest BCUT2D eigenvalue weighted by Gasteiger charge is 2.13. The fourth-order valence-corrected chi connectivity index (χ4v) is 2.44. The fraction of sp³-hybridized carbons (Fsp3) is 0.562. The second kappa shape index (κ2) is 8.52. The lowest BCUT2D eigenvalue weighted by Gasteiger charge is -2.18. The van der Waals surface area contributed by atoms with Crippen LogP contribution >= 0.6 is 0 Å². The molecule has 0 aliphatic heterocycles. The van der Waals surface area contributed by atoms with Gasteiger partial charge in [-0.05, 0) is 44.4 Å². The number of nitrogens with one attached hydrogen (secondary N) is 1. The summed E-state index contributed by atoms with van der Waals surface area (Å²) in [6.45, 7) is 6.21. The molecule has 2 heterocycles. The molecule has 2 aromatic heterocycles. The lowest BCUT2D eigenvalue weighted by Crippen LogP contribution is -2.33. The molecule has 0 saturated carbocycles. The molecular weight excluding hydrogens is 262 g/mol. The maximum atomic E-state index is 4.39. The van der Waals surface area contributed by atoms with Gasteiger partial charge in [0.25, 0.3) is 0 Å². The number of aryl methyl sites for hydroxylation is 2. The van der Waals surface area contributed by atoms with Crippen molar-refractivity contribution in [2.75, 3.05) is 6.54 Å². The second-order valence-corrected chi connectivity index (χ2v) is 5.25. The van der Waals surface area contributed by atoms with Gasteiger partial charge in [-0.1, -0.05) is 13.0 Å². The lowest BCUT2D eigenvalue weighted by atomic mass is 10.0. The minimum Gasteiger partial charge on any atom is -0.314 e. The summed E-state index contributed by atoms with van der Waals surface area (Å²) in [6, 6.07) is 4.57. The van der Waals surface area contributed by atoms with Gasteiger partial charge in [0.15, 0.2) is 0 Å². The Kier molecular flexibility index (Phi) is 6.34. The van der Waals surface area contributed by atoms with E-state index in [2.05, 4.69) is 40.3 Å². The Labute approximate surface area is 126 Å². The molecule has 0 fully saturated rings. The molecule has 0 aromatic carbocycles. The average molecular weight is 287 g/mol. The van der Waals surface area contributed by atoms with Crippen molar-refractivity contribution in [1.29, 1.82) is 0 Å². The molecular formula is C16H25N5. The molecule has 1 unspecified atom stereocenters. The van der Waals surface area contributed by atoms with Gasteiger partial charge in [-0.25, -0.2) is 4.98 Å². The second-order valence-electron chi connectivity index (χ2n) is 5.25. The van der Waals surface area contributed by atoms with Crippen LogP contribution in [0.25, 0.3) is 0 Å². The Morgan fingerprint density at radius 2 is 2.24 bits per heavy atom. The first-order valence-electron chi connectivity index (χ1n) is 7.82. The summed E-state index contributed by atoms with van der Waals surface area (Å²) < 4.78 is 1.98. The van der Waals surface area contributed by atoms with Gasteiger partial charge in [0.1, 0.15) is 12.2 Å². The van der Waals surface area contributed by atoms with Crippen molar-refractivity contribution in [1.82, 2.24) is 25.1 Å². The Balaban J connectivity index is 1.94. The summed E-state index contributed by atoms with van der Waals surface area (Å²) in [5, 5.41) is 7.88. The molecule has 2 rings (SSSR count). The fourth-order valence-electron chi connectivity index (χ4n) is 2.44. The summed E-state index contributed by atoms with van der Waals surface area (Å²) in [5.41, 5.74) is 1.29. The first kappa shape index (κ1) is 15.6. The van der Waals surface area contributed by atoms with E-state index in [1.54, 1.807) is 6.33 Å². The summed E-state index contributed by atoms with van der Waals surface area (Å²) in [7, 11) is 0. The Morgan fingerprint density at radius 3 is 2.95 bits per heavy atom. The van der Waals surface area contributed by atoms with Crippen molar-refractivity contribution < 1.29 is 0 Å². The zero-order chi connectivity index (χ0) is 14.9. The van der Waals surface area contributed by atoms with Crippen LogP contribution in [0.15, 0.2) is 30.9 Å². The monoisotopic (exact) mass is 287 g/mol. The van der Waals surface area contributed by atoms with Crippen molar-refractivity contribution in [3.63, 3.8) is 0 Å². The molecule has 5 nitrogen and oxygen atoms in total. The van der Waals surface area contributed by atoms with Crippen molar-refractivity contribution >= 4 is 0 Å². The summed E-state index contributed by atoms with van der Waals surface area (Å²) in [4.78, 5) is 8.57. The minimum absolute atomic E-state index is 0.430. The lowest BCUT2D eigenvalue weighted by molar-refractivity contribution is 0.456. The van der Waals surface area contributed by atoms with Crippen LogP contribution in [0.1, 0.15) is 38.1 Å². The standard InChI is InChI=1S/C16H25N5/c1-3-9-18-15(8-7-14-6-5-10-17-12-14)11-16-19-13-20-21(16)4-2/h5-6,10,12-13,15,18H,3-4,7-9,11H2,1-2H3. The third-order valence-corrected chi connectivity index (χ3v) is 3.61. The first-order valence-corrected chi connectivity index (χ1v) is 7.82. The minimum atomic E-state index is 0.430. The van der Waals surface area contributed by atoms with Crippen LogP contribution in [0.3, 0.4) is 0 Å². The molecule has 2 aromatic rings. The Hall–Kier alpha value is -1.75. The van der Waals surface area contributed by atoms with Gasteiger partial charge in [-0.15, -0.1) is 0 Å². The molecule has 114 valence electrons. The smallest absolute Gasteiger partial charge is 0.138 e. The van der Waals surface area contributed by atoms with E-state index in [1.807, 2.05) is 23.1 Å². The van der Waals surface area contributed by atoms with E-state index in [1.165, 1.54) is 5.56 Å². The third-order valence-electron chi connectivity index (χ3n) is 3.61. The molecule has 0 bridgehead atoms. The van der Waals surface area contributed by atoms with E-state index in [9.17, 15) is 0 Å². The maximum absolute atomic E-state index is 4.39. The van der Waals surface area contributed by atoms with Gasteiger partial charge in [0.2, 0.25) is 0 Å². The van der Waals surface area contributed by atoms with Gasteiger partial charge in [0, 0.05) is 31.4 Å². The van der Waals surface area contributed by atoms with E-state index in [4.69, 9.17) is 0 Å². The number of rotatable bonds is 9. The highest BCUT2D eigenvalue weighted by atomic mass is 15.3. The summed E-state index contributed by atoms with van der Waals surface area (Å²) in [6.07, 6.45) is 9.61. The molecule has 0 saturated heterocycles. The normalized spacial score (nSPS) is 12.5.